The Hall–Kier alpha value is -2.04. The molecule has 0 aliphatic heterocycles. The normalized spacial score (nSPS) is 11.7. The van der Waals surface area contributed by atoms with Crippen molar-refractivity contribution >= 4 is 17.6 Å². The predicted octanol–water partition coefficient (Wildman–Crippen LogP) is 0.879. The number of nitrogens with one attached hydrogen (secondary N) is 1. The van der Waals surface area contributed by atoms with Gasteiger partial charge in [-0.05, 0) is 31.5 Å². The van der Waals surface area contributed by atoms with E-state index in [0.29, 0.717) is 12.2 Å². The molecule has 1 atom stereocenters. The van der Waals surface area contributed by atoms with Crippen LogP contribution in [0, 0.1) is 0 Å². The van der Waals surface area contributed by atoms with Crippen molar-refractivity contribution in [2.75, 3.05) is 12.3 Å². The number of hydrogen-bond acceptors (Lipinski definition) is 4. The maximum absolute atomic E-state index is 11.6. The SMILES string of the molecule is CCNC(=O)C(C)OC(=O)Cc1ccc(N)cc1. The molecule has 0 aromatic heterocycles. The van der Waals surface area contributed by atoms with Gasteiger partial charge in [-0.3, -0.25) is 9.59 Å². The zero-order valence-corrected chi connectivity index (χ0v) is 10.6. The minimum Gasteiger partial charge on any atom is -0.452 e. The molecule has 3 N–H and O–H groups in total. The Morgan fingerprint density at radius 1 is 1.33 bits per heavy atom. The summed E-state index contributed by atoms with van der Waals surface area (Å²) >= 11 is 0. The molecule has 18 heavy (non-hydrogen) atoms. The molecule has 0 fully saturated rings. The van der Waals surface area contributed by atoms with Crippen LogP contribution in [0.5, 0.6) is 0 Å². The average molecular weight is 250 g/mol. The molecule has 5 nitrogen and oxygen atoms in total. The third-order valence-electron chi connectivity index (χ3n) is 2.36. The highest BCUT2D eigenvalue weighted by atomic mass is 16.5. The largest absolute Gasteiger partial charge is 0.452 e. The van der Waals surface area contributed by atoms with Crippen molar-refractivity contribution in [3.05, 3.63) is 29.8 Å². The van der Waals surface area contributed by atoms with Crippen molar-refractivity contribution in [1.29, 1.82) is 0 Å². The van der Waals surface area contributed by atoms with Gasteiger partial charge in [0.1, 0.15) is 0 Å². The van der Waals surface area contributed by atoms with Gasteiger partial charge in [0.2, 0.25) is 0 Å². The van der Waals surface area contributed by atoms with E-state index < -0.39 is 12.1 Å². The average Bonchev–Trinajstić information content (AvgIpc) is 2.32. The fourth-order valence-corrected chi connectivity index (χ4v) is 1.41. The fraction of sp³-hybridized carbons (Fsp3) is 0.385. The van der Waals surface area contributed by atoms with Crippen LogP contribution in [0.3, 0.4) is 0 Å². The molecule has 0 saturated carbocycles. The maximum atomic E-state index is 11.6. The van der Waals surface area contributed by atoms with E-state index in [4.69, 9.17) is 10.5 Å². The Labute approximate surface area is 106 Å². The van der Waals surface area contributed by atoms with E-state index in [-0.39, 0.29) is 12.3 Å². The van der Waals surface area contributed by atoms with Gasteiger partial charge in [-0.25, -0.2) is 0 Å². The summed E-state index contributed by atoms with van der Waals surface area (Å²) in [4.78, 5) is 23.0. The van der Waals surface area contributed by atoms with Crippen LogP contribution in [0.4, 0.5) is 5.69 Å². The van der Waals surface area contributed by atoms with E-state index >= 15 is 0 Å². The summed E-state index contributed by atoms with van der Waals surface area (Å²) in [6.07, 6.45) is -0.643. The van der Waals surface area contributed by atoms with Crippen molar-refractivity contribution in [2.45, 2.75) is 26.4 Å². The second-order valence-electron chi connectivity index (χ2n) is 3.95. The first-order valence-electron chi connectivity index (χ1n) is 5.84. The number of amides is 1. The summed E-state index contributed by atoms with van der Waals surface area (Å²) < 4.78 is 5.02. The summed E-state index contributed by atoms with van der Waals surface area (Å²) in [7, 11) is 0. The molecule has 1 unspecified atom stereocenters. The van der Waals surface area contributed by atoms with Crippen LogP contribution in [-0.4, -0.2) is 24.5 Å². The molecular weight excluding hydrogens is 232 g/mol. The number of anilines is 1. The molecule has 0 aliphatic carbocycles. The summed E-state index contributed by atoms with van der Waals surface area (Å²) in [6.45, 7) is 3.87. The second kappa shape index (κ2) is 6.64. The molecule has 1 rings (SSSR count). The molecule has 5 heteroatoms. The Morgan fingerprint density at radius 2 is 1.94 bits per heavy atom. The van der Waals surface area contributed by atoms with Gasteiger partial charge in [-0.1, -0.05) is 12.1 Å². The fourth-order valence-electron chi connectivity index (χ4n) is 1.41. The highest BCUT2D eigenvalue weighted by molar-refractivity contribution is 5.83. The standard InChI is InChI=1S/C13H18N2O3/c1-3-15-13(17)9(2)18-12(16)8-10-4-6-11(14)7-5-10/h4-7,9H,3,8,14H2,1-2H3,(H,15,17). The third-order valence-corrected chi connectivity index (χ3v) is 2.36. The van der Waals surface area contributed by atoms with Crippen LogP contribution in [0.2, 0.25) is 0 Å². The van der Waals surface area contributed by atoms with Gasteiger partial charge < -0.3 is 15.8 Å². The lowest BCUT2D eigenvalue weighted by Crippen LogP contribution is -2.35. The summed E-state index contributed by atoms with van der Waals surface area (Å²) in [6, 6.07) is 6.95. The number of rotatable bonds is 5. The van der Waals surface area contributed by atoms with Crippen molar-refractivity contribution in [2.24, 2.45) is 0 Å². The van der Waals surface area contributed by atoms with Crippen LogP contribution in [0.15, 0.2) is 24.3 Å². The molecule has 0 aliphatic rings. The third kappa shape index (κ3) is 4.45. The molecule has 98 valence electrons. The quantitative estimate of drug-likeness (QED) is 0.600. The van der Waals surface area contributed by atoms with E-state index in [9.17, 15) is 9.59 Å². The number of esters is 1. The minimum atomic E-state index is -0.772. The van der Waals surface area contributed by atoms with Crippen LogP contribution in [-0.2, 0) is 20.7 Å². The van der Waals surface area contributed by atoms with Crippen molar-refractivity contribution in [3.8, 4) is 0 Å². The number of hydrogen-bond donors (Lipinski definition) is 2. The monoisotopic (exact) mass is 250 g/mol. The summed E-state index contributed by atoms with van der Waals surface area (Å²) in [5.74, 6) is -0.721. The smallest absolute Gasteiger partial charge is 0.311 e. The van der Waals surface area contributed by atoms with Crippen molar-refractivity contribution in [1.82, 2.24) is 5.32 Å². The maximum Gasteiger partial charge on any atom is 0.311 e. The minimum absolute atomic E-state index is 0.129. The second-order valence-corrected chi connectivity index (χ2v) is 3.95. The van der Waals surface area contributed by atoms with E-state index in [1.54, 1.807) is 38.1 Å². The van der Waals surface area contributed by atoms with Gasteiger partial charge in [0, 0.05) is 12.2 Å². The first kappa shape index (κ1) is 14.0. The van der Waals surface area contributed by atoms with Gasteiger partial charge in [-0.2, -0.15) is 0 Å². The highest BCUT2D eigenvalue weighted by Gasteiger charge is 2.16. The zero-order chi connectivity index (χ0) is 13.5. The molecule has 1 aromatic carbocycles. The zero-order valence-electron chi connectivity index (χ0n) is 10.6. The summed E-state index contributed by atoms with van der Waals surface area (Å²) in [5.41, 5.74) is 6.99. The Morgan fingerprint density at radius 3 is 2.50 bits per heavy atom. The van der Waals surface area contributed by atoms with E-state index in [0.717, 1.165) is 5.56 Å². The molecule has 0 saturated heterocycles. The van der Waals surface area contributed by atoms with Crippen molar-refractivity contribution < 1.29 is 14.3 Å². The van der Waals surface area contributed by atoms with Gasteiger partial charge in [0.25, 0.3) is 5.91 Å². The van der Waals surface area contributed by atoms with E-state index in [1.165, 1.54) is 0 Å². The molecule has 1 aromatic rings. The molecule has 0 heterocycles. The molecular formula is C13H18N2O3. The van der Waals surface area contributed by atoms with E-state index in [1.807, 2.05) is 0 Å². The lowest BCUT2D eigenvalue weighted by atomic mass is 10.1. The highest BCUT2D eigenvalue weighted by Crippen LogP contribution is 2.07. The van der Waals surface area contributed by atoms with Gasteiger partial charge in [0.15, 0.2) is 6.10 Å². The number of likely N-dealkylation sites (N-methyl/N-ethyl adjacent to an activating group) is 1. The van der Waals surface area contributed by atoms with Crippen LogP contribution < -0.4 is 11.1 Å². The molecule has 1 amide bonds. The van der Waals surface area contributed by atoms with Crippen LogP contribution >= 0.6 is 0 Å². The number of carbonyl (C=O) groups is 2. The van der Waals surface area contributed by atoms with Gasteiger partial charge >= 0.3 is 5.97 Å². The number of nitrogens with two attached hydrogens (primary N) is 1. The predicted molar refractivity (Wildman–Crippen MR) is 68.8 cm³/mol. The topological polar surface area (TPSA) is 81.4 Å². The number of benzene rings is 1. The van der Waals surface area contributed by atoms with Crippen LogP contribution in [0.25, 0.3) is 0 Å². The first-order chi connectivity index (χ1) is 8.52. The number of carbonyl (C=O) groups excluding carboxylic acids is 2. The lowest BCUT2D eigenvalue weighted by molar-refractivity contribution is -0.154. The molecule has 0 spiro atoms. The number of ether oxygens (including phenoxy) is 1. The Balaban J connectivity index is 2.46. The van der Waals surface area contributed by atoms with E-state index in [2.05, 4.69) is 5.32 Å². The molecule has 0 radical (unpaired) electrons. The first-order valence-corrected chi connectivity index (χ1v) is 5.84. The van der Waals surface area contributed by atoms with Crippen molar-refractivity contribution in [3.63, 3.8) is 0 Å². The Bertz CT molecular complexity index is 415. The molecule has 0 bridgehead atoms. The van der Waals surface area contributed by atoms with Gasteiger partial charge in [-0.15, -0.1) is 0 Å². The summed E-state index contributed by atoms with van der Waals surface area (Å²) in [5, 5.41) is 2.59. The van der Waals surface area contributed by atoms with Gasteiger partial charge in [0.05, 0.1) is 6.42 Å². The number of nitrogen functional groups attached to an aromatic ring is 1. The lowest BCUT2D eigenvalue weighted by Gasteiger charge is -2.12. The van der Waals surface area contributed by atoms with Crippen LogP contribution in [0.1, 0.15) is 19.4 Å². The Kier molecular flexibility index (Phi) is 5.17.